The molecule has 1 aromatic carbocycles. The number of nitrogens with zero attached hydrogens (tertiary/aromatic N) is 1. The van der Waals surface area contributed by atoms with Gasteiger partial charge in [-0.25, -0.2) is 9.78 Å². The summed E-state index contributed by atoms with van der Waals surface area (Å²) in [6.07, 6.45) is 1.68. The zero-order chi connectivity index (χ0) is 16.7. The van der Waals surface area contributed by atoms with Crippen molar-refractivity contribution in [2.75, 3.05) is 20.3 Å². The molecule has 0 aliphatic rings. The number of carbonyl (C=O) groups excluding carboxylic acids is 2. The Kier molecular flexibility index (Phi) is 5.87. The molecule has 0 saturated heterocycles. The van der Waals surface area contributed by atoms with Crippen LogP contribution in [0.2, 0.25) is 0 Å². The van der Waals surface area contributed by atoms with Gasteiger partial charge in [0.2, 0.25) is 5.89 Å². The van der Waals surface area contributed by atoms with Crippen LogP contribution in [0, 0.1) is 0 Å². The third-order valence-corrected chi connectivity index (χ3v) is 2.94. The summed E-state index contributed by atoms with van der Waals surface area (Å²) in [4.78, 5) is 27.5. The predicted octanol–water partition coefficient (Wildman–Crippen LogP) is 1.54. The summed E-state index contributed by atoms with van der Waals surface area (Å²) in [6.45, 7) is 2.24. The van der Waals surface area contributed by atoms with Gasteiger partial charge in [0.1, 0.15) is 5.52 Å². The molecule has 0 aliphatic carbocycles. The standard InChI is InChI=1S/C16H18N2O5/c1-11(16(20)17-9-10-21-2)22-15(19)8-7-14-18-12-5-3-4-6-13(12)23-14/h3-8,11H,9-10H2,1-2H3,(H,17,20)/b8-7+/t11-/m1/s1. The number of ether oxygens (including phenoxy) is 2. The summed E-state index contributed by atoms with van der Waals surface area (Å²) in [7, 11) is 1.53. The molecule has 122 valence electrons. The highest BCUT2D eigenvalue weighted by Gasteiger charge is 2.15. The molecule has 0 saturated carbocycles. The van der Waals surface area contributed by atoms with Gasteiger partial charge in [0.15, 0.2) is 11.7 Å². The first kappa shape index (κ1) is 16.7. The molecule has 1 amide bonds. The number of nitrogens with one attached hydrogen (secondary N) is 1. The van der Waals surface area contributed by atoms with Crippen LogP contribution in [0.25, 0.3) is 17.2 Å². The van der Waals surface area contributed by atoms with Crippen molar-refractivity contribution < 1.29 is 23.5 Å². The summed E-state index contributed by atoms with van der Waals surface area (Å²) >= 11 is 0. The second-order valence-corrected chi connectivity index (χ2v) is 4.72. The van der Waals surface area contributed by atoms with Crippen LogP contribution in [-0.2, 0) is 19.1 Å². The van der Waals surface area contributed by atoms with E-state index in [-0.39, 0.29) is 5.91 Å². The third kappa shape index (κ3) is 4.93. The van der Waals surface area contributed by atoms with Gasteiger partial charge in [0, 0.05) is 25.8 Å². The van der Waals surface area contributed by atoms with Crippen LogP contribution in [0.15, 0.2) is 34.8 Å². The van der Waals surface area contributed by atoms with Crippen LogP contribution in [0.4, 0.5) is 0 Å². The van der Waals surface area contributed by atoms with Crippen LogP contribution < -0.4 is 5.32 Å². The number of aromatic nitrogens is 1. The first-order valence-corrected chi connectivity index (χ1v) is 7.11. The molecule has 2 rings (SSSR count). The van der Waals surface area contributed by atoms with E-state index in [9.17, 15) is 9.59 Å². The zero-order valence-corrected chi connectivity index (χ0v) is 12.9. The van der Waals surface area contributed by atoms with Crippen LogP contribution in [0.5, 0.6) is 0 Å². The molecule has 7 heteroatoms. The Hall–Kier alpha value is -2.67. The summed E-state index contributed by atoms with van der Waals surface area (Å²) < 4.78 is 15.2. The number of carbonyl (C=O) groups is 2. The van der Waals surface area contributed by atoms with Crippen molar-refractivity contribution in [2.24, 2.45) is 0 Å². The van der Waals surface area contributed by atoms with Gasteiger partial charge in [-0.05, 0) is 19.1 Å². The van der Waals surface area contributed by atoms with Gasteiger partial charge in [-0.2, -0.15) is 0 Å². The molecule has 1 atom stereocenters. The number of hydrogen-bond donors (Lipinski definition) is 1. The summed E-state index contributed by atoms with van der Waals surface area (Å²) in [5.41, 5.74) is 1.33. The average Bonchev–Trinajstić information content (AvgIpc) is 2.96. The minimum atomic E-state index is -0.896. The van der Waals surface area contributed by atoms with Crippen molar-refractivity contribution in [3.63, 3.8) is 0 Å². The van der Waals surface area contributed by atoms with Crippen LogP contribution >= 0.6 is 0 Å². The van der Waals surface area contributed by atoms with E-state index >= 15 is 0 Å². The monoisotopic (exact) mass is 318 g/mol. The fraction of sp³-hybridized carbons (Fsp3) is 0.312. The molecule has 7 nitrogen and oxygen atoms in total. The number of amides is 1. The van der Waals surface area contributed by atoms with Crippen molar-refractivity contribution in [1.29, 1.82) is 0 Å². The first-order chi connectivity index (χ1) is 11.1. The summed E-state index contributed by atoms with van der Waals surface area (Å²) in [5.74, 6) is -0.743. The zero-order valence-electron chi connectivity index (χ0n) is 12.9. The molecule has 1 heterocycles. The number of esters is 1. The fourth-order valence-corrected chi connectivity index (χ4v) is 1.79. The molecule has 0 radical (unpaired) electrons. The SMILES string of the molecule is COCCNC(=O)[C@@H](C)OC(=O)/C=C/c1nc2ccccc2o1. The summed E-state index contributed by atoms with van der Waals surface area (Å²) in [5, 5.41) is 2.58. The van der Waals surface area contributed by atoms with Crippen LogP contribution in [0.3, 0.4) is 0 Å². The van der Waals surface area contributed by atoms with Crippen molar-refractivity contribution in [3.05, 3.63) is 36.2 Å². The quantitative estimate of drug-likeness (QED) is 0.473. The Bertz CT molecular complexity index is 674. The number of para-hydroxylation sites is 2. The number of oxazole rings is 1. The highest BCUT2D eigenvalue weighted by Crippen LogP contribution is 2.15. The van der Waals surface area contributed by atoms with E-state index in [1.165, 1.54) is 26.2 Å². The van der Waals surface area contributed by atoms with E-state index in [2.05, 4.69) is 10.3 Å². The predicted molar refractivity (Wildman–Crippen MR) is 83.5 cm³/mol. The largest absolute Gasteiger partial charge is 0.449 e. The second kappa shape index (κ2) is 8.09. The number of rotatable bonds is 7. The van der Waals surface area contributed by atoms with Crippen LogP contribution in [-0.4, -0.2) is 43.2 Å². The van der Waals surface area contributed by atoms with Gasteiger partial charge in [-0.15, -0.1) is 0 Å². The van der Waals surface area contributed by atoms with Crippen molar-refractivity contribution >= 4 is 29.1 Å². The maximum atomic E-state index is 11.7. The summed E-state index contributed by atoms with van der Waals surface area (Å²) in [6, 6.07) is 7.26. The molecular weight excluding hydrogens is 300 g/mol. The number of fused-ring (bicyclic) bond motifs is 1. The Morgan fingerprint density at radius 3 is 2.91 bits per heavy atom. The van der Waals surface area contributed by atoms with E-state index in [1.807, 2.05) is 12.1 Å². The molecule has 23 heavy (non-hydrogen) atoms. The Morgan fingerprint density at radius 2 is 2.17 bits per heavy atom. The molecule has 0 unspecified atom stereocenters. The lowest BCUT2D eigenvalue weighted by atomic mass is 10.3. The van der Waals surface area contributed by atoms with Crippen LogP contribution in [0.1, 0.15) is 12.8 Å². The number of methoxy groups -OCH3 is 1. The molecular formula is C16H18N2O5. The Balaban J connectivity index is 1.87. The van der Waals surface area contributed by atoms with E-state index < -0.39 is 12.1 Å². The van der Waals surface area contributed by atoms with Gasteiger partial charge >= 0.3 is 5.97 Å². The third-order valence-electron chi connectivity index (χ3n) is 2.94. The maximum absolute atomic E-state index is 11.7. The second-order valence-electron chi connectivity index (χ2n) is 4.72. The Morgan fingerprint density at radius 1 is 1.39 bits per heavy atom. The molecule has 0 bridgehead atoms. The molecule has 0 spiro atoms. The van der Waals surface area contributed by atoms with Gasteiger partial charge in [-0.1, -0.05) is 12.1 Å². The van der Waals surface area contributed by atoms with Gasteiger partial charge in [0.25, 0.3) is 5.91 Å². The number of hydrogen-bond acceptors (Lipinski definition) is 6. The fourth-order valence-electron chi connectivity index (χ4n) is 1.79. The van der Waals surface area contributed by atoms with E-state index in [0.717, 1.165) is 0 Å². The highest BCUT2D eigenvalue weighted by atomic mass is 16.5. The van der Waals surface area contributed by atoms with E-state index in [0.29, 0.717) is 30.1 Å². The number of benzene rings is 1. The lowest BCUT2D eigenvalue weighted by Crippen LogP contribution is -2.37. The normalized spacial score (nSPS) is 12.4. The average molecular weight is 318 g/mol. The minimum Gasteiger partial charge on any atom is -0.449 e. The minimum absolute atomic E-state index is 0.292. The van der Waals surface area contributed by atoms with E-state index in [4.69, 9.17) is 13.9 Å². The molecule has 1 aromatic heterocycles. The highest BCUT2D eigenvalue weighted by molar-refractivity contribution is 5.90. The lowest BCUT2D eigenvalue weighted by Gasteiger charge is -2.11. The van der Waals surface area contributed by atoms with Gasteiger partial charge in [-0.3, -0.25) is 4.79 Å². The molecule has 2 aromatic rings. The molecule has 0 aliphatic heterocycles. The van der Waals surface area contributed by atoms with Gasteiger partial charge in [0.05, 0.1) is 6.61 Å². The van der Waals surface area contributed by atoms with Crippen molar-refractivity contribution in [1.82, 2.24) is 10.3 Å². The van der Waals surface area contributed by atoms with Crippen molar-refractivity contribution in [2.45, 2.75) is 13.0 Å². The molecule has 1 N–H and O–H groups in total. The topological polar surface area (TPSA) is 90.7 Å². The van der Waals surface area contributed by atoms with Crippen molar-refractivity contribution in [3.8, 4) is 0 Å². The molecule has 0 fully saturated rings. The van der Waals surface area contributed by atoms with E-state index in [1.54, 1.807) is 12.1 Å². The Labute approximate surface area is 133 Å². The lowest BCUT2D eigenvalue weighted by molar-refractivity contribution is -0.150. The first-order valence-electron chi connectivity index (χ1n) is 7.11. The smallest absolute Gasteiger partial charge is 0.331 e. The maximum Gasteiger partial charge on any atom is 0.331 e. The van der Waals surface area contributed by atoms with Gasteiger partial charge < -0.3 is 19.2 Å².